The van der Waals surface area contributed by atoms with Gasteiger partial charge in [0.1, 0.15) is 18.1 Å². The summed E-state index contributed by atoms with van der Waals surface area (Å²) in [6, 6.07) is 42.0. The maximum Gasteiger partial charge on any atom is 0.244 e. The monoisotopic (exact) mass is 797 g/mol. The second-order valence-electron chi connectivity index (χ2n) is 13.9. The first kappa shape index (κ1) is 42.7. The third-order valence-electron chi connectivity index (χ3n) is 9.53. The molecule has 300 valence electrons. The van der Waals surface area contributed by atoms with E-state index in [-0.39, 0.29) is 49.3 Å². The summed E-state index contributed by atoms with van der Waals surface area (Å²) in [7, 11) is 0. The van der Waals surface area contributed by atoms with Gasteiger partial charge in [0.2, 0.25) is 23.6 Å². The summed E-state index contributed by atoms with van der Waals surface area (Å²) in [5, 5.41) is 11.4. The topological polar surface area (TPSA) is 181 Å². The van der Waals surface area contributed by atoms with Gasteiger partial charge in [-0.05, 0) is 58.2 Å². The molecular weight excluding hydrogens is 747 g/mol. The van der Waals surface area contributed by atoms with Gasteiger partial charge in [0.15, 0.2) is 5.96 Å². The molecule has 11 nitrogen and oxygen atoms in total. The fraction of sp³-hybridized carbons (Fsp3) is 0.239. The molecule has 5 rings (SSSR count). The number of aliphatic imine (C=N–C) groups is 1. The molecule has 0 spiro atoms. The average molecular weight is 798 g/mol. The molecule has 5 aromatic carbocycles. The van der Waals surface area contributed by atoms with Crippen LogP contribution < -0.4 is 32.7 Å². The zero-order chi connectivity index (χ0) is 41.1. The summed E-state index contributed by atoms with van der Waals surface area (Å²) < 4.78 is 0. The Kier molecular flexibility index (Phi) is 16.5. The van der Waals surface area contributed by atoms with E-state index in [0.717, 1.165) is 38.9 Å². The van der Waals surface area contributed by atoms with E-state index in [9.17, 15) is 19.2 Å². The molecule has 0 saturated carbocycles. The van der Waals surface area contributed by atoms with Crippen molar-refractivity contribution in [1.29, 1.82) is 0 Å². The van der Waals surface area contributed by atoms with Crippen molar-refractivity contribution in [1.82, 2.24) is 21.3 Å². The van der Waals surface area contributed by atoms with Gasteiger partial charge in [-0.3, -0.25) is 24.2 Å². The first-order valence-electron chi connectivity index (χ1n) is 19.3. The van der Waals surface area contributed by atoms with Gasteiger partial charge in [-0.2, -0.15) is 12.6 Å². The summed E-state index contributed by atoms with van der Waals surface area (Å²) in [6.07, 6.45) is 1.36. The quantitative estimate of drug-likeness (QED) is 0.0262. The van der Waals surface area contributed by atoms with Crippen molar-refractivity contribution in [2.75, 3.05) is 18.8 Å². The number of rotatable bonds is 20. The highest BCUT2D eigenvalue weighted by Crippen LogP contribution is 2.21. The Bertz CT molecular complexity index is 2100. The number of carbonyl (C=O) groups excluding carboxylic acids is 4. The summed E-state index contributed by atoms with van der Waals surface area (Å²) in [6.45, 7) is 0.580. The number of thiol groups is 1. The van der Waals surface area contributed by atoms with Crippen molar-refractivity contribution in [3.8, 4) is 22.3 Å². The average Bonchev–Trinajstić information content (AvgIpc) is 3.25. The van der Waals surface area contributed by atoms with Crippen LogP contribution in [0.15, 0.2) is 145 Å². The molecule has 0 aliphatic carbocycles. The molecule has 0 fully saturated rings. The molecule has 0 bridgehead atoms. The van der Waals surface area contributed by atoms with Crippen molar-refractivity contribution < 1.29 is 19.2 Å². The largest absolute Gasteiger partial charge is 0.370 e. The van der Waals surface area contributed by atoms with Gasteiger partial charge >= 0.3 is 0 Å². The zero-order valence-electron chi connectivity index (χ0n) is 32.4. The molecule has 0 saturated heterocycles. The predicted molar refractivity (Wildman–Crippen MR) is 234 cm³/mol. The summed E-state index contributed by atoms with van der Waals surface area (Å²) in [5.41, 5.74) is 17.9. The molecule has 3 atom stereocenters. The second-order valence-corrected chi connectivity index (χ2v) is 14.3. The lowest BCUT2D eigenvalue weighted by atomic mass is 9.99. The van der Waals surface area contributed by atoms with Crippen LogP contribution in [0.2, 0.25) is 0 Å². The van der Waals surface area contributed by atoms with Gasteiger partial charge in [0, 0.05) is 25.3 Å². The lowest BCUT2D eigenvalue weighted by molar-refractivity contribution is -0.133. The summed E-state index contributed by atoms with van der Waals surface area (Å²) in [5.74, 6) is -2.00. The van der Waals surface area contributed by atoms with Gasteiger partial charge in [-0.1, -0.05) is 140 Å². The highest BCUT2D eigenvalue weighted by Gasteiger charge is 2.29. The third-order valence-corrected chi connectivity index (χ3v) is 9.89. The number of guanidine groups is 1. The van der Waals surface area contributed by atoms with Gasteiger partial charge < -0.3 is 32.7 Å². The number of hydrogen-bond acceptors (Lipinski definition) is 6. The molecule has 5 aromatic rings. The number of nitrogens with two attached hydrogens (primary N) is 2. The number of nitrogens with one attached hydrogen (secondary N) is 4. The Morgan fingerprint density at radius 1 is 0.552 bits per heavy atom. The van der Waals surface area contributed by atoms with Crippen LogP contribution in [0.4, 0.5) is 0 Å². The van der Waals surface area contributed by atoms with E-state index in [1.165, 1.54) is 0 Å². The van der Waals surface area contributed by atoms with Crippen LogP contribution in [0.25, 0.3) is 22.3 Å². The van der Waals surface area contributed by atoms with E-state index >= 15 is 0 Å². The fourth-order valence-corrected chi connectivity index (χ4v) is 6.65. The van der Waals surface area contributed by atoms with Crippen LogP contribution in [0, 0.1) is 0 Å². The Morgan fingerprint density at radius 2 is 1.05 bits per heavy atom. The lowest BCUT2D eigenvalue weighted by Gasteiger charge is -2.25. The Morgan fingerprint density at radius 3 is 1.60 bits per heavy atom. The molecule has 0 aliphatic heterocycles. The minimum absolute atomic E-state index is 0.0156. The van der Waals surface area contributed by atoms with Gasteiger partial charge in [0.05, 0.1) is 6.42 Å². The maximum absolute atomic E-state index is 14.1. The van der Waals surface area contributed by atoms with E-state index in [1.807, 2.05) is 140 Å². The van der Waals surface area contributed by atoms with E-state index in [4.69, 9.17) is 11.5 Å². The number of carbonyl (C=O) groups is 4. The zero-order valence-corrected chi connectivity index (χ0v) is 33.2. The minimum Gasteiger partial charge on any atom is -0.370 e. The third kappa shape index (κ3) is 13.7. The van der Waals surface area contributed by atoms with Crippen LogP contribution in [0.3, 0.4) is 0 Å². The highest BCUT2D eigenvalue weighted by atomic mass is 32.1. The maximum atomic E-state index is 14.1. The van der Waals surface area contributed by atoms with Crippen molar-refractivity contribution in [3.63, 3.8) is 0 Å². The predicted octanol–water partition coefficient (Wildman–Crippen LogP) is 4.60. The van der Waals surface area contributed by atoms with E-state index in [2.05, 4.69) is 38.9 Å². The molecule has 0 radical (unpaired) electrons. The second kappa shape index (κ2) is 22.4. The van der Waals surface area contributed by atoms with Crippen LogP contribution in [0.1, 0.15) is 29.5 Å². The van der Waals surface area contributed by atoms with Gasteiger partial charge in [-0.25, -0.2) is 0 Å². The molecule has 58 heavy (non-hydrogen) atoms. The van der Waals surface area contributed by atoms with Crippen LogP contribution in [-0.4, -0.2) is 66.6 Å². The minimum atomic E-state index is -1.08. The Hall–Kier alpha value is -6.40. The number of hydrogen-bond donors (Lipinski definition) is 7. The lowest BCUT2D eigenvalue weighted by Crippen LogP contribution is -2.57. The van der Waals surface area contributed by atoms with E-state index in [1.54, 1.807) is 0 Å². The van der Waals surface area contributed by atoms with Crippen LogP contribution in [-0.2, 0) is 38.4 Å². The number of amides is 4. The smallest absolute Gasteiger partial charge is 0.244 e. The molecule has 12 heteroatoms. The summed E-state index contributed by atoms with van der Waals surface area (Å²) >= 11 is 4.34. The molecule has 0 unspecified atom stereocenters. The van der Waals surface area contributed by atoms with Crippen molar-refractivity contribution in [2.45, 2.75) is 50.2 Å². The molecule has 4 amide bonds. The van der Waals surface area contributed by atoms with Gasteiger partial charge in [-0.15, -0.1) is 0 Å². The van der Waals surface area contributed by atoms with Crippen LogP contribution >= 0.6 is 12.6 Å². The van der Waals surface area contributed by atoms with Crippen molar-refractivity contribution in [2.24, 2.45) is 16.5 Å². The van der Waals surface area contributed by atoms with Gasteiger partial charge in [0.25, 0.3) is 0 Å². The molecule has 0 aromatic heterocycles. The van der Waals surface area contributed by atoms with Crippen molar-refractivity contribution in [3.05, 3.63) is 156 Å². The van der Waals surface area contributed by atoms with E-state index < -0.39 is 29.9 Å². The molecule has 8 N–H and O–H groups in total. The Balaban J connectivity index is 1.27. The normalized spacial score (nSPS) is 12.3. The summed E-state index contributed by atoms with van der Waals surface area (Å²) in [4.78, 5) is 58.6. The highest BCUT2D eigenvalue weighted by molar-refractivity contribution is 7.80. The van der Waals surface area contributed by atoms with E-state index in [0.29, 0.717) is 19.4 Å². The van der Waals surface area contributed by atoms with Crippen molar-refractivity contribution >= 4 is 42.2 Å². The first-order chi connectivity index (χ1) is 28.2. The number of nitrogens with zero attached hydrogens (tertiary/aromatic N) is 1. The molecular formula is C46H51N7O4S. The fourth-order valence-electron chi connectivity index (χ4n) is 6.39. The first-order valence-corrected chi connectivity index (χ1v) is 20.0. The molecule has 0 heterocycles. The SMILES string of the molecule is NC(N)=NCCC[C@@H](NC(=O)[C@H](CS)NC(=O)Cc1ccc(-c2ccccc2)cc1)C(=O)N[C@@H](Cc1ccc(-c2ccccc2)cc1)C(=O)NCCc1ccccc1. The Labute approximate surface area is 345 Å². The van der Waals surface area contributed by atoms with Crippen LogP contribution in [0.5, 0.6) is 0 Å². The number of benzene rings is 5. The molecule has 0 aliphatic rings. The standard InChI is InChI=1S/C46H51N7O4S/c47-46(48)50-27-10-17-39(52-45(57)41(31-58)51-42(54)30-34-20-24-38(25-21-34)36-15-8-3-9-16-36)44(56)53-40(43(55)49-28-26-32-11-4-1-5-12-32)29-33-18-22-37(23-19-33)35-13-6-2-7-14-35/h1-9,11-16,18-25,39-41,58H,10,17,26-31H2,(H,49,55)(H,51,54)(H,52,57)(H,53,56)(H4,47,48,50)/t39-,40+,41+/m1/s1.